The average molecular weight is 180 g/mol. The second kappa shape index (κ2) is 3.13. The summed E-state index contributed by atoms with van der Waals surface area (Å²) in [5, 5.41) is 9.76. The van der Waals surface area contributed by atoms with Crippen molar-refractivity contribution in [2.75, 3.05) is 0 Å². The van der Waals surface area contributed by atoms with Crippen molar-refractivity contribution in [3.05, 3.63) is 11.6 Å². The van der Waals surface area contributed by atoms with Gasteiger partial charge in [0, 0.05) is 0 Å². The van der Waals surface area contributed by atoms with Crippen molar-refractivity contribution in [1.29, 1.82) is 0 Å². The first-order chi connectivity index (χ1) is 6.13. The van der Waals surface area contributed by atoms with E-state index in [0.717, 1.165) is 12.3 Å². The van der Waals surface area contributed by atoms with Crippen molar-refractivity contribution < 1.29 is 5.11 Å². The van der Waals surface area contributed by atoms with Gasteiger partial charge in [-0.25, -0.2) is 0 Å². The Kier molecular flexibility index (Phi) is 2.23. The molecule has 0 saturated heterocycles. The van der Waals surface area contributed by atoms with Crippen molar-refractivity contribution >= 4 is 0 Å². The van der Waals surface area contributed by atoms with Gasteiger partial charge < -0.3 is 5.11 Å². The van der Waals surface area contributed by atoms with Crippen LogP contribution in [0.15, 0.2) is 11.6 Å². The second-order valence-electron chi connectivity index (χ2n) is 5.08. The van der Waals surface area contributed by atoms with Crippen molar-refractivity contribution in [2.24, 2.45) is 11.3 Å². The Hall–Kier alpha value is -0.300. The van der Waals surface area contributed by atoms with E-state index in [9.17, 15) is 5.11 Å². The molecule has 2 rings (SSSR count). The van der Waals surface area contributed by atoms with Gasteiger partial charge in [-0.2, -0.15) is 0 Å². The Bertz CT molecular complexity index is 231. The molecule has 0 aliphatic heterocycles. The Labute approximate surface area is 80.8 Å². The molecule has 3 atom stereocenters. The number of rotatable bonds is 1. The Morgan fingerprint density at radius 3 is 2.62 bits per heavy atom. The summed E-state index contributed by atoms with van der Waals surface area (Å²) in [5.74, 6) is 0.736. The molecule has 0 unspecified atom stereocenters. The maximum absolute atomic E-state index is 9.76. The lowest BCUT2D eigenvalue weighted by molar-refractivity contribution is -0.0932. The predicted octanol–water partition coefficient (Wildman–Crippen LogP) is 2.89. The van der Waals surface area contributed by atoms with E-state index in [0.29, 0.717) is 0 Å². The monoisotopic (exact) mass is 180 g/mol. The van der Waals surface area contributed by atoms with E-state index >= 15 is 0 Å². The van der Waals surface area contributed by atoms with Crippen LogP contribution in [0.2, 0.25) is 0 Å². The van der Waals surface area contributed by atoms with Crippen LogP contribution in [-0.2, 0) is 0 Å². The molecule has 74 valence electrons. The normalized spacial score (nSPS) is 45.3. The highest BCUT2D eigenvalue weighted by Gasteiger charge is 2.46. The molecule has 1 nitrogen and oxygen atoms in total. The van der Waals surface area contributed by atoms with Crippen molar-refractivity contribution in [1.82, 2.24) is 0 Å². The molecule has 0 aromatic carbocycles. The SMILES string of the molecule is CC1=CC[C@@H]([C@]2(C)CC[C@@H]2O)CC1. The van der Waals surface area contributed by atoms with Crippen LogP contribution in [0.1, 0.15) is 46.0 Å². The van der Waals surface area contributed by atoms with E-state index in [4.69, 9.17) is 0 Å². The summed E-state index contributed by atoms with van der Waals surface area (Å²) < 4.78 is 0. The molecule has 1 N–H and O–H groups in total. The third-order valence-electron chi connectivity index (χ3n) is 4.29. The van der Waals surface area contributed by atoms with Gasteiger partial charge in [0.15, 0.2) is 0 Å². The lowest BCUT2D eigenvalue weighted by Gasteiger charge is -2.50. The maximum atomic E-state index is 9.76. The summed E-state index contributed by atoms with van der Waals surface area (Å²) in [6, 6.07) is 0. The summed E-state index contributed by atoms with van der Waals surface area (Å²) in [7, 11) is 0. The first-order valence-electron chi connectivity index (χ1n) is 5.46. The Morgan fingerprint density at radius 1 is 1.46 bits per heavy atom. The number of aliphatic hydroxyl groups excluding tert-OH is 1. The third-order valence-corrected chi connectivity index (χ3v) is 4.29. The molecule has 0 bridgehead atoms. The zero-order valence-corrected chi connectivity index (χ0v) is 8.71. The van der Waals surface area contributed by atoms with Crippen molar-refractivity contribution in [3.63, 3.8) is 0 Å². The summed E-state index contributed by atoms with van der Waals surface area (Å²) in [6.07, 6.45) is 8.32. The topological polar surface area (TPSA) is 20.2 Å². The fourth-order valence-corrected chi connectivity index (χ4v) is 2.77. The molecule has 0 aromatic heterocycles. The summed E-state index contributed by atoms with van der Waals surface area (Å²) >= 11 is 0. The third kappa shape index (κ3) is 1.43. The van der Waals surface area contributed by atoms with Crippen LogP contribution >= 0.6 is 0 Å². The molecule has 0 aromatic rings. The minimum atomic E-state index is -0.0238. The number of aliphatic hydroxyl groups is 1. The van der Waals surface area contributed by atoms with Crippen LogP contribution in [0, 0.1) is 11.3 Å². The molecule has 1 saturated carbocycles. The minimum Gasteiger partial charge on any atom is -0.393 e. The second-order valence-corrected chi connectivity index (χ2v) is 5.08. The first kappa shape index (κ1) is 9.26. The number of hydrogen-bond acceptors (Lipinski definition) is 1. The van der Waals surface area contributed by atoms with Gasteiger partial charge in [0.25, 0.3) is 0 Å². The van der Waals surface area contributed by atoms with Gasteiger partial charge >= 0.3 is 0 Å². The molecule has 0 amide bonds. The predicted molar refractivity (Wildman–Crippen MR) is 54.4 cm³/mol. The van der Waals surface area contributed by atoms with Crippen LogP contribution in [0.4, 0.5) is 0 Å². The fourth-order valence-electron chi connectivity index (χ4n) is 2.77. The molecule has 0 radical (unpaired) electrons. The van der Waals surface area contributed by atoms with E-state index in [1.54, 1.807) is 0 Å². The average Bonchev–Trinajstić information content (AvgIpc) is 2.15. The molecule has 2 aliphatic rings. The van der Waals surface area contributed by atoms with Crippen LogP contribution in [0.25, 0.3) is 0 Å². The van der Waals surface area contributed by atoms with Gasteiger partial charge in [0.2, 0.25) is 0 Å². The quantitative estimate of drug-likeness (QED) is 0.615. The van der Waals surface area contributed by atoms with Gasteiger partial charge in [0.1, 0.15) is 0 Å². The minimum absolute atomic E-state index is 0.0238. The van der Waals surface area contributed by atoms with Crippen LogP contribution in [0.5, 0.6) is 0 Å². The van der Waals surface area contributed by atoms with Gasteiger partial charge in [-0.05, 0) is 50.4 Å². The van der Waals surface area contributed by atoms with Crippen molar-refractivity contribution in [3.8, 4) is 0 Å². The highest BCUT2D eigenvalue weighted by Crippen LogP contribution is 2.51. The van der Waals surface area contributed by atoms with E-state index < -0.39 is 0 Å². The van der Waals surface area contributed by atoms with Gasteiger partial charge in [-0.1, -0.05) is 18.6 Å². The molecule has 0 spiro atoms. The lowest BCUT2D eigenvalue weighted by atomic mass is 9.57. The molecule has 0 heterocycles. The van der Waals surface area contributed by atoms with Crippen molar-refractivity contribution in [2.45, 2.75) is 52.1 Å². The molecule has 2 aliphatic carbocycles. The van der Waals surface area contributed by atoms with E-state index in [1.165, 1.54) is 31.3 Å². The van der Waals surface area contributed by atoms with Gasteiger partial charge in [-0.3, -0.25) is 0 Å². The molecular formula is C12H20O. The van der Waals surface area contributed by atoms with Crippen LogP contribution in [0.3, 0.4) is 0 Å². The zero-order valence-electron chi connectivity index (χ0n) is 8.71. The highest BCUT2D eigenvalue weighted by atomic mass is 16.3. The largest absolute Gasteiger partial charge is 0.393 e. The smallest absolute Gasteiger partial charge is 0.0596 e. The lowest BCUT2D eigenvalue weighted by Crippen LogP contribution is -2.48. The fraction of sp³-hybridized carbons (Fsp3) is 0.833. The Balaban J connectivity index is 2.02. The Morgan fingerprint density at radius 2 is 2.23 bits per heavy atom. The number of allylic oxidation sites excluding steroid dienone is 2. The molecular weight excluding hydrogens is 160 g/mol. The van der Waals surface area contributed by atoms with Gasteiger partial charge in [0.05, 0.1) is 6.10 Å². The van der Waals surface area contributed by atoms with Gasteiger partial charge in [-0.15, -0.1) is 0 Å². The summed E-state index contributed by atoms with van der Waals surface area (Å²) in [4.78, 5) is 0. The van der Waals surface area contributed by atoms with E-state index in [-0.39, 0.29) is 11.5 Å². The standard InChI is InChI=1S/C12H20O/c1-9-3-5-10(6-4-9)12(2)8-7-11(12)13/h3,10-11,13H,4-8H2,1-2H3/t10-,11+,12+/m1/s1. The summed E-state index contributed by atoms with van der Waals surface area (Å²) in [6.45, 7) is 4.48. The number of hydrogen-bond donors (Lipinski definition) is 1. The highest BCUT2D eigenvalue weighted by molar-refractivity contribution is 5.08. The summed E-state index contributed by atoms with van der Waals surface area (Å²) in [5.41, 5.74) is 1.78. The van der Waals surface area contributed by atoms with Crippen LogP contribution in [-0.4, -0.2) is 11.2 Å². The van der Waals surface area contributed by atoms with Crippen LogP contribution < -0.4 is 0 Å². The van der Waals surface area contributed by atoms with E-state index in [2.05, 4.69) is 19.9 Å². The zero-order chi connectivity index (χ0) is 9.47. The first-order valence-corrected chi connectivity index (χ1v) is 5.46. The molecule has 1 heteroatoms. The maximum Gasteiger partial charge on any atom is 0.0596 e. The van der Waals surface area contributed by atoms with E-state index in [1.807, 2.05) is 0 Å². The molecule has 13 heavy (non-hydrogen) atoms. The molecule has 1 fully saturated rings.